The zero-order chi connectivity index (χ0) is 18.8. The fraction of sp³-hybridized carbons (Fsp3) is 0.857. The maximum absolute atomic E-state index is 11.5. The van der Waals surface area contributed by atoms with Gasteiger partial charge in [0.1, 0.15) is 0 Å². The summed E-state index contributed by atoms with van der Waals surface area (Å²) >= 11 is 0. The zero-order valence-electron chi connectivity index (χ0n) is 16.5. The van der Waals surface area contributed by atoms with E-state index < -0.39 is 6.10 Å². The molecule has 4 heteroatoms. The van der Waals surface area contributed by atoms with Crippen molar-refractivity contribution in [1.82, 2.24) is 5.32 Å². The molecule has 0 saturated heterocycles. The quantitative estimate of drug-likeness (QED) is 0.266. The van der Waals surface area contributed by atoms with Crippen LogP contribution in [-0.2, 0) is 4.79 Å². The molecule has 0 aliphatic carbocycles. The van der Waals surface area contributed by atoms with Crippen molar-refractivity contribution in [2.45, 2.75) is 110 Å². The summed E-state index contributed by atoms with van der Waals surface area (Å²) in [4.78, 5) is 11.5. The number of allylic oxidation sites excluding steroid dienone is 1. The number of aliphatic hydroxyl groups is 2. The summed E-state index contributed by atoms with van der Waals surface area (Å²) < 4.78 is 0. The minimum Gasteiger partial charge on any atom is -0.393 e. The molecule has 0 fully saturated rings. The smallest absolute Gasteiger partial charge is 0.220 e. The molecule has 3 N–H and O–H groups in total. The van der Waals surface area contributed by atoms with Crippen LogP contribution in [0.3, 0.4) is 0 Å². The predicted octanol–water partition coefficient (Wildman–Crippen LogP) is 4.49. The molecule has 25 heavy (non-hydrogen) atoms. The molecule has 0 bridgehead atoms. The van der Waals surface area contributed by atoms with Gasteiger partial charge in [0.15, 0.2) is 0 Å². The van der Waals surface area contributed by atoms with E-state index >= 15 is 0 Å². The van der Waals surface area contributed by atoms with Gasteiger partial charge in [0, 0.05) is 13.0 Å². The summed E-state index contributed by atoms with van der Waals surface area (Å²) in [5.41, 5.74) is 0. The van der Waals surface area contributed by atoms with Crippen molar-refractivity contribution in [1.29, 1.82) is 0 Å². The Balaban J connectivity index is 3.33. The standard InChI is InChI=1S/C21H41NO3/c1-3-4-5-12-15-20(24)16-13-10-8-6-7-9-11-14-17-21(25)22-18-19(2)23/h10,13,19-20,23-24H,3-9,11-12,14-18H2,1-2H3,(H,22,25)/t19?,20-/m1/s1. The van der Waals surface area contributed by atoms with Crippen LogP contribution in [0.15, 0.2) is 12.2 Å². The van der Waals surface area contributed by atoms with Crippen LogP contribution in [0, 0.1) is 0 Å². The highest BCUT2D eigenvalue weighted by molar-refractivity contribution is 5.75. The van der Waals surface area contributed by atoms with Gasteiger partial charge in [0.05, 0.1) is 12.2 Å². The first-order chi connectivity index (χ1) is 12.1. The summed E-state index contributed by atoms with van der Waals surface area (Å²) in [7, 11) is 0. The Morgan fingerprint density at radius 2 is 1.64 bits per heavy atom. The van der Waals surface area contributed by atoms with Crippen LogP contribution in [0.1, 0.15) is 97.3 Å². The minimum atomic E-state index is -0.473. The summed E-state index contributed by atoms with van der Waals surface area (Å²) in [6, 6.07) is 0. The molecule has 1 amide bonds. The number of aliphatic hydroxyl groups excluding tert-OH is 2. The highest BCUT2D eigenvalue weighted by Gasteiger charge is 2.02. The van der Waals surface area contributed by atoms with E-state index in [9.17, 15) is 9.90 Å². The number of hydrogen-bond acceptors (Lipinski definition) is 3. The Morgan fingerprint density at radius 3 is 2.36 bits per heavy atom. The summed E-state index contributed by atoms with van der Waals surface area (Å²) in [6.45, 7) is 4.22. The highest BCUT2D eigenvalue weighted by atomic mass is 16.3. The Hall–Kier alpha value is -0.870. The van der Waals surface area contributed by atoms with E-state index in [0.717, 1.165) is 44.9 Å². The molecule has 0 saturated carbocycles. The van der Waals surface area contributed by atoms with E-state index in [0.29, 0.717) is 13.0 Å². The summed E-state index contributed by atoms with van der Waals surface area (Å²) in [6.07, 6.45) is 17.5. The maximum Gasteiger partial charge on any atom is 0.220 e. The Labute approximate surface area is 155 Å². The molecule has 0 spiro atoms. The van der Waals surface area contributed by atoms with Gasteiger partial charge in [0.2, 0.25) is 5.91 Å². The SMILES string of the molecule is CCCCCC[C@@H](O)CC=CCCCCCCCC(=O)NCC(C)O. The van der Waals surface area contributed by atoms with Gasteiger partial charge in [-0.2, -0.15) is 0 Å². The van der Waals surface area contributed by atoms with Crippen LogP contribution in [-0.4, -0.2) is 34.9 Å². The molecule has 0 aliphatic heterocycles. The van der Waals surface area contributed by atoms with E-state index in [2.05, 4.69) is 24.4 Å². The van der Waals surface area contributed by atoms with Gasteiger partial charge >= 0.3 is 0 Å². The normalized spacial score (nSPS) is 13.9. The Kier molecular flexibility index (Phi) is 17.3. The number of rotatable bonds is 17. The van der Waals surface area contributed by atoms with Crippen molar-refractivity contribution >= 4 is 5.91 Å². The van der Waals surface area contributed by atoms with E-state index in [1.807, 2.05) is 0 Å². The molecule has 0 aromatic rings. The summed E-state index contributed by atoms with van der Waals surface area (Å²) in [5.74, 6) is 0.0390. The van der Waals surface area contributed by atoms with Crippen LogP contribution < -0.4 is 5.32 Å². The number of unbranched alkanes of at least 4 members (excludes halogenated alkanes) is 8. The molecule has 1 unspecified atom stereocenters. The van der Waals surface area contributed by atoms with Gasteiger partial charge in [0.25, 0.3) is 0 Å². The lowest BCUT2D eigenvalue weighted by atomic mass is 10.1. The first-order valence-corrected chi connectivity index (χ1v) is 10.3. The highest BCUT2D eigenvalue weighted by Crippen LogP contribution is 2.10. The van der Waals surface area contributed by atoms with Gasteiger partial charge in [-0.3, -0.25) is 4.79 Å². The lowest BCUT2D eigenvalue weighted by Gasteiger charge is -2.07. The third-order valence-corrected chi connectivity index (χ3v) is 4.33. The zero-order valence-corrected chi connectivity index (χ0v) is 16.5. The monoisotopic (exact) mass is 355 g/mol. The fourth-order valence-electron chi connectivity index (χ4n) is 2.72. The molecule has 0 aromatic carbocycles. The molecule has 0 rings (SSSR count). The second-order valence-electron chi connectivity index (χ2n) is 7.17. The van der Waals surface area contributed by atoms with Crippen molar-refractivity contribution in [3.05, 3.63) is 12.2 Å². The maximum atomic E-state index is 11.5. The third kappa shape index (κ3) is 19.3. The average molecular weight is 356 g/mol. The van der Waals surface area contributed by atoms with Gasteiger partial charge < -0.3 is 15.5 Å². The summed E-state index contributed by atoms with van der Waals surface area (Å²) in [5, 5.41) is 21.7. The number of hydrogen-bond donors (Lipinski definition) is 3. The second-order valence-corrected chi connectivity index (χ2v) is 7.17. The molecule has 0 aromatic heterocycles. The van der Waals surface area contributed by atoms with Crippen molar-refractivity contribution in [2.75, 3.05) is 6.54 Å². The first kappa shape index (κ1) is 24.1. The van der Waals surface area contributed by atoms with Crippen LogP contribution >= 0.6 is 0 Å². The molecule has 4 nitrogen and oxygen atoms in total. The number of nitrogens with one attached hydrogen (secondary N) is 1. The average Bonchev–Trinajstić information content (AvgIpc) is 2.58. The second kappa shape index (κ2) is 17.9. The lowest BCUT2D eigenvalue weighted by molar-refractivity contribution is -0.121. The van der Waals surface area contributed by atoms with Crippen LogP contribution in [0.5, 0.6) is 0 Å². The number of carbonyl (C=O) groups is 1. The van der Waals surface area contributed by atoms with E-state index in [4.69, 9.17) is 5.11 Å². The largest absolute Gasteiger partial charge is 0.393 e. The van der Waals surface area contributed by atoms with Gasteiger partial charge in [-0.05, 0) is 39.0 Å². The number of carbonyl (C=O) groups excluding carboxylic acids is 1. The van der Waals surface area contributed by atoms with Crippen molar-refractivity contribution < 1.29 is 15.0 Å². The van der Waals surface area contributed by atoms with E-state index in [1.165, 1.54) is 32.1 Å². The number of amides is 1. The molecule has 0 aliphatic rings. The van der Waals surface area contributed by atoms with Gasteiger partial charge in [-0.1, -0.05) is 64.0 Å². The molecule has 148 valence electrons. The molecular weight excluding hydrogens is 314 g/mol. The van der Waals surface area contributed by atoms with Crippen LogP contribution in [0.25, 0.3) is 0 Å². The molecule has 0 radical (unpaired) electrons. The Bertz CT molecular complexity index is 329. The molecule has 0 heterocycles. The van der Waals surface area contributed by atoms with E-state index in [-0.39, 0.29) is 12.0 Å². The van der Waals surface area contributed by atoms with Crippen molar-refractivity contribution in [2.24, 2.45) is 0 Å². The molecular formula is C21H41NO3. The molecule has 2 atom stereocenters. The lowest BCUT2D eigenvalue weighted by Crippen LogP contribution is -2.30. The predicted molar refractivity (Wildman–Crippen MR) is 106 cm³/mol. The first-order valence-electron chi connectivity index (χ1n) is 10.3. The Morgan fingerprint density at radius 1 is 0.960 bits per heavy atom. The van der Waals surface area contributed by atoms with Gasteiger partial charge in [-0.25, -0.2) is 0 Å². The van der Waals surface area contributed by atoms with Crippen LogP contribution in [0.4, 0.5) is 0 Å². The minimum absolute atomic E-state index is 0.0390. The van der Waals surface area contributed by atoms with Crippen molar-refractivity contribution in [3.8, 4) is 0 Å². The van der Waals surface area contributed by atoms with Gasteiger partial charge in [-0.15, -0.1) is 0 Å². The topological polar surface area (TPSA) is 69.6 Å². The van der Waals surface area contributed by atoms with Crippen molar-refractivity contribution in [3.63, 3.8) is 0 Å². The third-order valence-electron chi connectivity index (χ3n) is 4.33. The van der Waals surface area contributed by atoms with E-state index in [1.54, 1.807) is 6.92 Å². The fourth-order valence-corrected chi connectivity index (χ4v) is 2.72. The van der Waals surface area contributed by atoms with Crippen LogP contribution in [0.2, 0.25) is 0 Å².